The maximum Gasteiger partial charge on any atom is 0.269 e. The number of aryl methyl sites for hydroxylation is 1. The maximum absolute atomic E-state index is 13.3. The molecule has 0 saturated carbocycles. The van der Waals surface area contributed by atoms with Gasteiger partial charge in [-0.2, -0.15) is 0 Å². The molecular formula is C27H19N3O3S. The number of ketones is 1. The molecule has 6 nitrogen and oxygen atoms in total. The monoisotopic (exact) mass is 465 g/mol. The van der Waals surface area contributed by atoms with Crippen molar-refractivity contribution >= 4 is 38.7 Å². The summed E-state index contributed by atoms with van der Waals surface area (Å²) in [5.41, 5.74) is 12.0. The van der Waals surface area contributed by atoms with Crippen LogP contribution in [-0.2, 0) is 0 Å². The SMILES string of the molecule is Cc1ccc(-c2cc(-c3ccccc3)c3c(N)c(C(=O)c4ccc([N+](=O)[O-])cc4)sc3n2)cc1. The second-order valence-electron chi connectivity index (χ2n) is 7.95. The average Bonchev–Trinajstić information content (AvgIpc) is 3.20. The molecule has 34 heavy (non-hydrogen) atoms. The quantitative estimate of drug-likeness (QED) is 0.178. The molecule has 0 amide bonds. The Labute approximate surface area is 199 Å². The van der Waals surface area contributed by atoms with Crippen molar-refractivity contribution in [2.75, 3.05) is 5.73 Å². The molecule has 0 aliphatic carbocycles. The van der Waals surface area contributed by atoms with Gasteiger partial charge in [-0.3, -0.25) is 14.9 Å². The molecule has 0 atom stereocenters. The van der Waals surface area contributed by atoms with Gasteiger partial charge in [-0.15, -0.1) is 11.3 Å². The first kappa shape index (κ1) is 21.5. The molecule has 0 spiro atoms. The van der Waals surface area contributed by atoms with Crippen molar-refractivity contribution in [1.29, 1.82) is 0 Å². The van der Waals surface area contributed by atoms with Crippen LogP contribution in [0.3, 0.4) is 0 Å². The number of benzene rings is 3. The van der Waals surface area contributed by atoms with Crippen LogP contribution in [0.25, 0.3) is 32.6 Å². The first-order valence-corrected chi connectivity index (χ1v) is 11.4. The molecule has 0 fully saturated rings. The number of aromatic nitrogens is 1. The Balaban J connectivity index is 1.70. The van der Waals surface area contributed by atoms with Crippen LogP contribution in [-0.4, -0.2) is 15.7 Å². The van der Waals surface area contributed by atoms with Crippen LogP contribution in [0, 0.1) is 17.0 Å². The van der Waals surface area contributed by atoms with E-state index < -0.39 is 4.92 Å². The minimum Gasteiger partial charge on any atom is -0.397 e. The van der Waals surface area contributed by atoms with E-state index in [4.69, 9.17) is 10.7 Å². The molecule has 5 rings (SSSR count). The van der Waals surface area contributed by atoms with Gasteiger partial charge in [0.2, 0.25) is 5.78 Å². The first-order chi connectivity index (χ1) is 16.4. The number of nitrogens with two attached hydrogens (primary N) is 1. The summed E-state index contributed by atoms with van der Waals surface area (Å²) in [7, 11) is 0. The molecule has 7 heteroatoms. The Morgan fingerprint density at radius 3 is 2.26 bits per heavy atom. The van der Waals surface area contributed by atoms with Crippen LogP contribution >= 0.6 is 11.3 Å². The number of nitrogens with zero attached hydrogens (tertiary/aromatic N) is 2. The van der Waals surface area contributed by atoms with E-state index in [0.29, 0.717) is 21.0 Å². The third-order valence-electron chi connectivity index (χ3n) is 5.68. The molecule has 2 heterocycles. The van der Waals surface area contributed by atoms with Gasteiger partial charge in [0, 0.05) is 28.6 Å². The number of anilines is 1. The summed E-state index contributed by atoms with van der Waals surface area (Å²) in [5.74, 6) is -0.286. The van der Waals surface area contributed by atoms with Crippen LogP contribution in [0.5, 0.6) is 0 Å². The summed E-state index contributed by atoms with van der Waals surface area (Å²) < 4.78 is 0. The second-order valence-corrected chi connectivity index (χ2v) is 8.94. The van der Waals surface area contributed by atoms with Gasteiger partial charge in [-0.25, -0.2) is 4.98 Å². The number of thiophene rings is 1. The predicted octanol–water partition coefficient (Wildman–Crippen LogP) is 6.66. The van der Waals surface area contributed by atoms with Crippen molar-refractivity contribution in [2.24, 2.45) is 0 Å². The van der Waals surface area contributed by atoms with E-state index in [1.807, 2.05) is 67.6 Å². The Kier molecular flexibility index (Phi) is 5.39. The van der Waals surface area contributed by atoms with Crippen molar-refractivity contribution in [3.8, 4) is 22.4 Å². The van der Waals surface area contributed by atoms with Crippen molar-refractivity contribution in [3.63, 3.8) is 0 Å². The number of carbonyl (C=O) groups is 1. The van der Waals surface area contributed by atoms with Crippen LogP contribution in [0.2, 0.25) is 0 Å². The minimum absolute atomic E-state index is 0.0726. The lowest BCUT2D eigenvalue weighted by atomic mass is 9.98. The fourth-order valence-electron chi connectivity index (χ4n) is 3.87. The molecule has 2 aromatic heterocycles. The molecule has 0 aliphatic rings. The first-order valence-electron chi connectivity index (χ1n) is 10.6. The van der Waals surface area contributed by atoms with E-state index in [1.54, 1.807) is 0 Å². The van der Waals surface area contributed by atoms with Gasteiger partial charge in [-0.1, -0.05) is 60.2 Å². The van der Waals surface area contributed by atoms with Gasteiger partial charge in [-0.05, 0) is 36.2 Å². The lowest BCUT2D eigenvalue weighted by molar-refractivity contribution is -0.384. The lowest BCUT2D eigenvalue weighted by Gasteiger charge is -2.09. The van der Waals surface area contributed by atoms with E-state index in [-0.39, 0.29) is 11.5 Å². The third kappa shape index (κ3) is 3.82. The standard InChI is InChI=1S/C27H19N3O3S/c1-16-7-9-18(10-8-16)22-15-21(17-5-3-2-4-6-17)23-24(28)26(34-27(23)29-22)25(31)19-11-13-20(14-12-19)30(32)33/h2-15H,28H2,1H3. The molecule has 0 bridgehead atoms. The van der Waals surface area contributed by atoms with Crippen molar-refractivity contribution in [2.45, 2.75) is 6.92 Å². The summed E-state index contributed by atoms with van der Waals surface area (Å²) in [4.78, 5) is 29.6. The summed E-state index contributed by atoms with van der Waals surface area (Å²) in [6, 6.07) is 25.5. The number of nitrogen functional groups attached to an aromatic ring is 1. The van der Waals surface area contributed by atoms with E-state index >= 15 is 0 Å². The van der Waals surface area contributed by atoms with Crippen molar-refractivity contribution in [1.82, 2.24) is 4.98 Å². The Morgan fingerprint density at radius 1 is 0.941 bits per heavy atom. The van der Waals surface area contributed by atoms with Gasteiger partial charge in [0.1, 0.15) is 9.71 Å². The van der Waals surface area contributed by atoms with Gasteiger partial charge in [0.05, 0.1) is 16.3 Å². The average molecular weight is 466 g/mol. The number of hydrogen-bond acceptors (Lipinski definition) is 6. The van der Waals surface area contributed by atoms with E-state index in [9.17, 15) is 14.9 Å². The van der Waals surface area contributed by atoms with Crippen LogP contribution in [0.1, 0.15) is 20.8 Å². The van der Waals surface area contributed by atoms with Crippen LogP contribution < -0.4 is 5.73 Å². The topological polar surface area (TPSA) is 99.1 Å². The highest BCUT2D eigenvalue weighted by Gasteiger charge is 2.23. The summed E-state index contributed by atoms with van der Waals surface area (Å²) in [5, 5.41) is 11.7. The zero-order valence-electron chi connectivity index (χ0n) is 18.2. The largest absolute Gasteiger partial charge is 0.397 e. The number of non-ortho nitro benzene ring substituents is 1. The van der Waals surface area contributed by atoms with Gasteiger partial charge in [0.25, 0.3) is 5.69 Å². The number of rotatable bonds is 5. The molecule has 0 unspecified atom stereocenters. The normalized spacial score (nSPS) is 11.0. The molecule has 2 N–H and O–H groups in total. The number of hydrogen-bond donors (Lipinski definition) is 1. The second kappa shape index (κ2) is 8.53. The summed E-state index contributed by atoms with van der Waals surface area (Å²) in [6.07, 6.45) is 0. The van der Waals surface area contributed by atoms with Gasteiger partial charge >= 0.3 is 0 Å². The van der Waals surface area contributed by atoms with Crippen molar-refractivity contribution < 1.29 is 9.72 Å². The zero-order chi connectivity index (χ0) is 23.8. The Bertz CT molecular complexity index is 1540. The number of nitro benzene ring substituents is 1. The third-order valence-corrected chi connectivity index (χ3v) is 6.78. The fraction of sp³-hybridized carbons (Fsp3) is 0.0370. The zero-order valence-corrected chi connectivity index (χ0v) is 19.0. The highest BCUT2D eigenvalue weighted by Crippen LogP contribution is 2.42. The number of pyridine rings is 1. The number of carbonyl (C=O) groups excluding carboxylic acids is 1. The molecule has 0 radical (unpaired) electrons. The molecular weight excluding hydrogens is 446 g/mol. The maximum atomic E-state index is 13.3. The van der Waals surface area contributed by atoms with E-state index in [0.717, 1.165) is 33.3 Å². The summed E-state index contributed by atoms with van der Waals surface area (Å²) in [6.45, 7) is 2.03. The van der Waals surface area contributed by atoms with Crippen molar-refractivity contribution in [3.05, 3.63) is 111 Å². The fourth-order valence-corrected chi connectivity index (χ4v) is 4.95. The lowest BCUT2D eigenvalue weighted by Crippen LogP contribution is -2.02. The number of nitro groups is 1. The highest BCUT2D eigenvalue weighted by molar-refractivity contribution is 7.21. The highest BCUT2D eigenvalue weighted by atomic mass is 32.1. The smallest absolute Gasteiger partial charge is 0.269 e. The molecule has 0 saturated heterocycles. The number of fused-ring (bicyclic) bond motifs is 1. The molecule has 3 aromatic carbocycles. The Morgan fingerprint density at radius 2 is 1.62 bits per heavy atom. The van der Waals surface area contributed by atoms with E-state index in [1.165, 1.54) is 35.6 Å². The molecule has 5 aromatic rings. The van der Waals surface area contributed by atoms with Gasteiger partial charge < -0.3 is 5.73 Å². The summed E-state index contributed by atoms with van der Waals surface area (Å²) >= 11 is 1.24. The van der Waals surface area contributed by atoms with E-state index in [2.05, 4.69) is 0 Å². The van der Waals surface area contributed by atoms with Crippen LogP contribution in [0.15, 0.2) is 84.9 Å². The van der Waals surface area contributed by atoms with Crippen LogP contribution in [0.4, 0.5) is 11.4 Å². The predicted molar refractivity (Wildman–Crippen MR) is 136 cm³/mol. The molecule has 166 valence electrons. The molecule has 0 aliphatic heterocycles. The van der Waals surface area contributed by atoms with Gasteiger partial charge in [0.15, 0.2) is 0 Å². The minimum atomic E-state index is -0.495. The Hall–Kier alpha value is -4.36.